The van der Waals surface area contributed by atoms with Crippen molar-refractivity contribution in [3.63, 3.8) is 0 Å². The molecule has 0 radical (unpaired) electrons. The molecular weight excluding hydrogens is 501 g/mol. The molecule has 2 atom stereocenters. The average molecular weight is 527 g/mol. The Morgan fingerprint density at radius 2 is 1.94 bits per heavy atom. The van der Waals surface area contributed by atoms with Crippen molar-refractivity contribution in [2.75, 3.05) is 20.0 Å². The van der Waals surface area contributed by atoms with Gasteiger partial charge < -0.3 is 9.47 Å². The highest BCUT2D eigenvalue weighted by molar-refractivity contribution is 7.92. The van der Waals surface area contributed by atoms with Crippen LogP contribution in [-0.2, 0) is 53.1 Å². The highest BCUT2D eigenvalue weighted by Gasteiger charge is 2.46. The largest absolute Gasteiger partial charge is 0.416 e. The summed E-state index contributed by atoms with van der Waals surface area (Å²) in [5, 5.41) is 4.23. The molecule has 1 fully saturated rings. The summed E-state index contributed by atoms with van der Waals surface area (Å²) in [7, 11) is -6.48. The number of halogens is 3. The molecule has 1 aliphatic rings. The van der Waals surface area contributed by atoms with Crippen LogP contribution >= 0.6 is 0 Å². The van der Waals surface area contributed by atoms with E-state index < -0.39 is 47.4 Å². The molecule has 1 aromatic carbocycles. The Hall–Kier alpha value is -2.00. The van der Waals surface area contributed by atoms with Gasteiger partial charge in [-0.3, -0.25) is 4.18 Å². The SMILES string of the molecule is COCn1nc(COS(C)(=O)=O)cc1C1CC(C)(S(=O)(=O)c2cccc(C(F)(F)F)c2)CCO1. The van der Waals surface area contributed by atoms with Crippen molar-refractivity contribution in [3.8, 4) is 0 Å². The number of hydrogen-bond acceptors (Lipinski definition) is 8. The van der Waals surface area contributed by atoms with E-state index in [2.05, 4.69) is 5.10 Å². The molecule has 0 saturated carbocycles. The number of methoxy groups -OCH3 is 1. The quantitative estimate of drug-likeness (QED) is 0.483. The Labute approximate surface area is 195 Å². The van der Waals surface area contributed by atoms with Gasteiger partial charge in [0.25, 0.3) is 10.1 Å². The number of rotatable bonds is 8. The predicted molar refractivity (Wildman–Crippen MR) is 114 cm³/mol. The monoisotopic (exact) mass is 526 g/mol. The fourth-order valence-electron chi connectivity index (χ4n) is 3.74. The smallest absolute Gasteiger partial charge is 0.372 e. The first-order valence-electron chi connectivity index (χ1n) is 10.1. The van der Waals surface area contributed by atoms with Crippen LogP contribution in [0.4, 0.5) is 13.2 Å². The Balaban J connectivity index is 1.93. The maximum absolute atomic E-state index is 13.4. The number of aromatic nitrogens is 2. The topological polar surface area (TPSA) is 114 Å². The Bertz CT molecular complexity index is 1240. The first kappa shape index (κ1) is 26.6. The van der Waals surface area contributed by atoms with Gasteiger partial charge in [-0.1, -0.05) is 6.07 Å². The summed E-state index contributed by atoms with van der Waals surface area (Å²) >= 11 is 0. The number of sulfone groups is 1. The first-order valence-corrected chi connectivity index (χ1v) is 13.4. The van der Waals surface area contributed by atoms with Gasteiger partial charge >= 0.3 is 6.18 Å². The Kier molecular flexibility index (Phi) is 7.49. The molecule has 14 heteroatoms. The van der Waals surface area contributed by atoms with E-state index in [0.717, 1.165) is 24.5 Å². The highest BCUT2D eigenvalue weighted by atomic mass is 32.2. The van der Waals surface area contributed by atoms with Gasteiger partial charge in [-0.2, -0.15) is 26.7 Å². The van der Waals surface area contributed by atoms with Crippen LogP contribution in [0.5, 0.6) is 0 Å². The molecule has 0 spiro atoms. The van der Waals surface area contributed by atoms with Crippen LogP contribution in [0, 0.1) is 0 Å². The Morgan fingerprint density at radius 1 is 1.24 bits per heavy atom. The second-order valence-electron chi connectivity index (χ2n) is 8.24. The minimum Gasteiger partial charge on any atom is -0.372 e. The number of benzene rings is 1. The van der Waals surface area contributed by atoms with Crippen molar-refractivity contribution in [1.82, 2.24) is 9.78 Å². The summed E-state index contributed by atoms with van der Waals surface area (Å²) in [6.07, 6.45) is -4.55. The normalized spacial score (nSPS) is 22.1. The van der Waals surface area contributed by atoms with Crippen LogP contribution in [0.2, 0.25) is 0 Å². The van der Waals surface area contributed by atoms with E-state index >= 15 is 0 Å². The maximum atomic E-state index is 13.4. The van der Waals surface area contributed by atoms with Gasteiger partial charge in [0.2, 0.25) is 0 Å². The van der Waals surface area contributed by atoms with Crippen LogP contribution in [0.3, 0.4) is 0 Å². The predicted octanol–water partition coefficient (Wildman–Crippen LogP) is 3.07. The summed E-state index contributed by atoms with van der Waals surface area (Å²) < 4.78 is 105. The van der Waals surface area contributed by atoms with E-state index in [1.807, 2.05) is 0 Å². The third-order valence-corrected chi connectivity index (χ3v) is 8.64. The van der Waals surface area contributed by atoms with Crippen molar-refractivity contribution in [3.05, 3.63) is 47.3 Å². The Morgan fingerprint density at radius 3 is 2.56 bits per heavy atom. The second-order valence-corrected chi connectivity index (χ2v) is 12.3. The minimum atomic E-state index is -4.68. The lowest BCUT2D eigenvalue weighted by Crippen LogP contribution is -2.42. The molecule has 2 heterocycles. The standard InChI is InChI=1S/C20H25F3N2O7S2/c1-19(34(28,29)16-6-4-5-14(9-16)20(21,22)23)7-8-31-18(11-19)17-10-15(12-32-33(3,26)27)24-25(17)13-30-2/h4-6,9-10,18H,7-8,11-13H2,1-3H3. The molecule has 1 saturated heterocycles. The first-order chi connectivity index (χ1) is 15.7. The van der Waals surface area contributed by atoms with Crippen LogP contribution in [-0.4, -0.2) is 51.3 Å². The van der Waals surface area contributed by atoms with Gasteiger partial charge in [-0.25, -0.2) is 13.1 Å². The zero-order valence-electron chi connectivity index (χ0n) is 18.7. The van der Waals surface area contributed by atoms with Crippen LogP contribution in [0.1, 0.15) is 42.8 Å². The lowest BCUT2D eigenvalue weighted by molar-refractivity contribution is -0.137. The van der Waals surface area contributed by atoms with Crippen molar-refractivity contribution in [1.29, 1.82) is 0 Å². The molecule has 2 unspecified atom stereocenters. The molecule has 2 aromatic rings. The highest BCUT2D eigenvalue weighted by Crippen LogP contribution is 2.43. The summed E-state index contributed by atoms with van der Waals surface area (Å²) in [4.78, 5) is -0.418. The fourth-order valence-corrected chi connectivity index (χ4v) is 5.90. The molecule has 190 valence electrons. The molecule has 1 aromatic heterocycles. The zero-order chi connectivity index (χ0) is 25.4. The molecule has 3 rings (SSSR count). The molecule has 0 bridgehead atoms. The van der Waals surface area contributed by atoms with E-state index in [0.29, 0.717) is 11.8 Å². The summed E-state index contributed by atoms with van der Waals surface area (Å²) in [6.45, 7) is 1.15. The van der Waals surface area contributed by atoms with Gasteiger partial charge in [0.15, 0.2) is 9.84 Å². The fraction of sp³-hybridized carbons (Fsp3) is 0.550. The average Bonchev–Trinajstić information content (AvgIpc) is 3.14. The molecule has 0 N–H and O–H groups in total. The lowest BCUT2D eigenvalue weighted by Gasteiger charge is -2.37. The molecule has 0 amide bonds. The van der Waals surface area contributed by atoms with E-state index in [1.54, 1.807) is 0 Å². The maximum Gasteiger partial charge on any atom is 0.416 e. The van der Waals surface area contributed by atoms with Crippen molar-refractivity contribution < 1.29 is 43.7 Å². The summed E-state index contributed by atoms with van der Waals surface area (Å²) in [5.74, 6) is 0. The van der Waals surface area contributed by atoms with Gasteiger partial charge in [0.05, 0.1) is 32.8 Å². The molecule has 9 nitrogen and oxygen atoms in total. The van der Waals surface area contributed by atoms with E-state index in [1.165, 1.54) is 24.8 Å². The number of nitrogens with zero attached hydrogens (tertiary/aromatic N) is 2. The molecule has 1 aliphatic heterocycles. The molecule has 0 aliphatic carbocycles. The zero-order valence-corrected chi connectivity index (χ0v) is 20.3. The van der Waals surface area contributed by atoms with Crippen LogP contribution < -0.4 is 0 Å². The van der Waals surface area contributed by atoms with E-state index in [9.17, 15) is 30.0 Å². The summed E-state index contributed by atoms with van der Waals surface area (Å²) in [6, 6.07) is 5.20. The number of alkyl halides is 3. The number of ether oxygens (including phenoxy) is 2. The third kappa shape index (κ3) is 5.79. The third-order valence-electron chi connectivity index (χ3n) is 5.55. The van der Waals surface area contributed by atoms with Crippen molar-refractivity contribution in [2.45, 2.75) is 55.0 Å². The van der Waals surface area contributed by atoms with Crippen LogP contribution in [0.25, 0.3) is 0 Å². The van der Waals surface area contributed by atoms with Crippen molar-refractivity contribution in [2.24, 2.45) is 0 Å². The van der Waals surface area contributed by atoms with Crippen molar-refractivity contribution >= 4 is 20.0 Å². The van der Waals surface area contributed by atoms with E-state index in [4.69, 9.17) is 13.7 Å². The lowest BCUT2D eigenvalue weighted by atomic mass is 9.94. The van der Waals surface area contributed by atoms with Gasteiger partial charge in [0, 0.05) is 13.7 Å². The van der Waals surface area contributed by atoms with Gasteiger partial charge in [0.1, 0.15) is 19.4 Å². The van der Waals surface area contributed by atoms with Gasteiger partial charge in [-0.05, 0) is 44.0 Å². The number of hydrogen-bond donors (Lipinski definition) is 0. The van der Waals surface area contributed by atoms with E-state index in [-0.39, 0.29) is 38.5 Å². The van der Waals surface area contributed by atoms with Gasteiger partial charge in [-0.15, -0.1) is 0 Å². The minimum absolute atomic E-state index is 0.0227. The second kappa shape index (κ2) is 9.57. The molecule has 34 heavy (non-hydrogen) atoms. The molecular formula is C20H25F3N2O7S2. The van der Waals surface area contributed by atoms with Crippen LogP contribution in [0.15, 0.2) is 35.2 Å². The summed E-state index contributed by atoms with van der Waals surface area (Å²) in [5.41, 5.74) is -0.359.